The fraction of sp³-hybridized carbons (Fsp3) is 0.400. The third kappa shape index (κ3) is 3.62. The van der Waals surface area contributed by atoms with Crippen LogP contribution in [0.1, 0.15) is 44.1 Å². The van der Waals surface area contributed by atoms with Gasteiger partial charge < -0.3 is 4.90 Å². The van der Waals surface area contributed by atoms with E-state index in [4.69, 9.17) is 4.99 Å². The van der Waals surface area contributed by atoms with Crippen LogP contribution in [0.25, 0.3) is 21.9 Å². The molecule has 6 nitrogen and oxygen atoms in total. The number of aromatic nitrogens is 1. The van der Waals surface area contributed by atoms with Crippen LogP contribution in [-0.2, 0) is 9.59 Å². The summed E-state index contributed by atoms with van der Waals surface area (Å²) in [5.41, 5.74) is 2.71. The molecule has 2 amide bonds. The van der Waals surface area contributed by atoms with Gasteiger partial charge in [0.2, 0.25) is 5.91 Å². The van der Waals surface area contributed by atoms with Crippen molar-refractivity contribution in [3.05, 3.63) is 66.5 Å². The number of amides is 2. The highest BCUT2D eigenvalue weighted by Gasteiger charge is 2.51. The number of likely N-dealkylation sites (tertiary alicyclic amines) is 1. The van der Waals surface area contributed by atoms with Crippen LogP contribution >= 0.6 is 0 Å². The number of nitrogens with zero attached hydrogens (tertiary/aromatic N) is 4. The number of benzene rings is 2. The molecule has 0 radical (unpaired) electrons. The van der Waals surface area contributed by atoms with Crippen LogP contribution in [0.4, 0.5) is 0 Å². The number of aliphatic imine (C=N–C) groups is 1. The van der Waals surface area contributed by atoms with Crippen molar-refractivity contribution in [2.45, 2.75) is 44.1 Å². The first kappa shape index (κ1) is 21.7. The Balaban J connectivity index is 1.14. The normalized spacial score (nSPS) is 21.3. The maximum absolute atomic E-state index is 13.7. The van der Waals surface area contributed by atoms with E-state index in [9.17, 15) is 9.59 Å². The van der Waals surface area contributed by atoms with Crippen molar-refractivity contribution in [3.8, 4) is 11.1 Å². The Morgan fingerprint density at radius 1 is 0.917 bits per heavy atom. The van der Waals surface area contributed by atoms with Crippen molar-refractivity contribution >= 4 is 28.4 Å². The Bertz CT molecular complexity index is 1380. The molecule has 2 aromatic carbocycles. The highest BCUT2D eigenvalue weighted by atomic mass is 16.2. The molecule has 2 aliphatic heterocycles. The van der Waals surface area contributed by atoms with E-state index >= 15 is 0 Å². The van der Waals surface area contributed by atoms with E-state index in [1.54, 1.807) is 0 Å². The molecule has 2 aliphatic carbocycles. The molecular formula is C30H30N4O2. The van der Waals surface area contributed by atoms with Gasteiger partial charge in [-0.3, -0.25) is 24.5 Å². The van der Waals surface area contributed by atoms with Crippen LogP contribution in [-0.4, -0.2) is 57.6 Å². The molecule has 7 rings (SSSR count). The average Bonchev–Trinajstić information content (AvgIpc) is 3.58. The van der Waals surface area contributed by atoms with Gasteiger partial charge in [-0.05, 0) is 54.3 Å². The molecule has 0 N–H and O–H groups in total. The monoisotopic (exact) mass is 478 g/mol. The second kappa shape index (κ2) is 8.26. The summed E-state index contributed by atoms with van der Waals surface area (Å²) in [5, 5.41) is 2.30. The summed E-state index contributed by atoms with van der Waals surface area (Å²) in [6, 6.07) is 16.9. The van der Waals surface area contributed by atoms with Crippen LogP contribution in [0.3, 0.4) is 0 Å². The van der Waals surface area contributed by atoms with Crippen molar-refractivity contribution in [1.29, 1.82) is 0 Å². The van der Waals surface area contributed by atoms with Gasteiger partial charge in [0.1, 0.15) is 11.4 Å². The van der Waals surface area contributed by atoms with E-state index in [2.05, 4.69) is 47.4 Å². The Morgan fingerprint density at radius 3 is 2.39 bits per heavy atom. The summed E-state index contributed by atoms with van der Waals surface area (Å²) in [6.45, 7) is 2.17. The number of rotatable bonds is 5. The molecule has 36 heavy (non-hydrogen) atoms. The number of carbonyl (C=O) groups excluding carboxylic acids is 2. The van der Waals surface area contributed by atoms with Crippen molar-refractivity contribution < 1.29 is 9.59 Å². The maximum Gasteiger partial charge on any atom is 0.256 e. The van der Waals surface area contributed by atoms with E-state index in [1.807, 2.05) is 28.3 Å². The van der Waals surface area contributed by atoms with E-state index in [-0.39, 0.29) is 11.8 Å². The van der Waals surface area contributed by atoms with Gasteiger partial charge in [0.05, 0.1) is 0 Å². The molecule has 6 heteroatoms. The summed E-state index contributed by atoms with van der Waals surface area (Å²) in [7, 11) is 0. The second-order valence-corrected chi connectivity index (χ2v) is 11.0. The number of amidine groups is 1. The second-order valence-electron chi connectivity index (χ2n) is 11.0. The van der Waals surface area contributed by atoms with Gasteiger partial charge in [-0.15, -0.1) is 0 Å². The number of pyridine rings is 1. The fourth-order valence-corrected chi connectivity index (χ4v) is 6.12. The zero-order chi connectivity index (χ0) is 24.3. The maximum atomic E-state index is 13.7. The molecular weight excluding hydrogens is 448 g/mol. The minimum Gasteiger partial charge on any atom is -0.342 e. The average molecular weight is 479 g/mol. The summed E-state index contributed by atoms with van der Waals surface area (Å²) >= 11 is 0. The quantitative estimate of drug-likeness (QED) is 0.535. The number of carbonyl (C=O) groups is 2. The number of fused-ring (bicyclic) bond motifs is 1. The first-order valence-corrected chi connectivity index (χ1v) is 13.2. The molecule has 3 aromatic rings. The standard InChI is InChI=1S/C30H30N4O2/c35-28(23-7-8-23)33-17-20(18-33)19-34-27(32-30(29(34)36)12-1-2-13-30)22-5-3-21(4-6-22)24-9-10-26-16-31-14-11-25(26)15-24/h3-6,9-11,14-16,20,23H,1-2,7-8,12-13,17-19H2. The number of hydrogen-bond donors (Lipinski definition) is 0. The van der Waals surface area contributed by atoms with Gasteiger partial charge in [-0.1, -0.05) is 49.2 Å². The van der Waals surface area contributed by atoms with Gasteiger partial charge in [-0.25, -0.2) is 0 Å². The Hall–Kier alpha value is -3.54. The lowest BCUT2D eigenvalue weighted by molar-refractivity contribution is -0.140. The molecule has 182 valence electrons. The predicted octanol–water partition coefficient (Wildman–Crippen LogP) is 4.67. The topological polar surface area (TPSA) is 65.9 Å². The summed E-state index contributed by atoms with van der Waals surface area (Å²) in [4.78, 5) is 39.2. The zero-order valence-electron chi connectivity index (χ0n) is 20.4. The molecule has 0 bridgehead atoms. The molecule has 1 saturated heterocycles. The largest absolute Gasteiger partial charge is 0.342 e. The molecule has 0 atom stereocenters. The lowest BCUT2D eigenvalue weighted by Crippen LogP contribution is -2.56. The molecule has 1 spiro atoms. The Kier molecular flexibility index (Phi) is 4.98. The zero-order valence-corrected chi connectivity index (χ0v) is 20.4. The molecule has 3 fully saturated rings. The molecule has 3 heterocycles. The lowest BCUT2D eigenvalue weighted by atomic mass is 9.95. The minimum absolute atomic E-state index is 0.161. The van der Waals surface area contributed by atoms with Gasteiger partial charge in [-0.2, -0.15) is 0 Å². The van der Waals surface area contributed by atoms with Crippen molar-refractivity contribution in [2.75, 3.05) is 19.6 Å². The smallest absolute Gasteiger partial charge is 0.256 e. The van der Waals surface area contributed by atoms with E-state index < -0.39 is 5.54 Å². The molecule has 2 saturated carbocycles. The SMILES string of the molecule is O=C(C1CC1)N1CC(CN2C(=O)C3(CCCC3)N=C2c2ccc(-c3ccc4cnccc4c3)cc2)C1. The third-order valence-corrected chi connectivity index (χ3v) is 8.40. The van der Waals surface area contributed by atoms with Crippen LogP contribution in [0.2, 0.25) is 0 Å². The van der Waals surface area contributed by atoms with Crippen LogP contribution in [0.15, 0.2) is 65.9 Å². The summed E-state index contributed by atoms with van der Waals surface area (Å²) in [6.07, 6.45) is 9.57. The number of hydrogen-bond acceptors (Lipinski definition) is 4. The minimum atomic E-state index is -0.576. The van der Waals surface area contributed by atoms with E-state index in [0.717, 1.165) is 79.5 Å². The lowest BCUT2D eigenvalue weighted by Gasteiger charge is -2.41. The Morgan fingerprint density at radius 2 is 1.64 bits per heavy atom. The Labute approximate surface area is 211 Å². The fourth-order valence-electron chi connectivity index (χ4n) is 6.12. The summed E-state index contributed by atoms with van der Waals surface area (Å²) in [5.74, 6) is 1.86. The van der Waals surface area contributed by atoms with Crippen molar-refractivity contribution in [3.63, 3.8) is 0 Å². The van der Waals surface area contributed by atoms with Crippen molar-refractivity contribution in [1.82, 2.24) is 14.8 Å². The van der Waals surface area contributed by atoms with Crippen LogP contribution in [0.5, 0.6) is 0 Å². The van der Waals surface area contributed by atoms with Gasteiger partial charge in [0, 0.05) is 54.8 Å². The molecule has 4 aliphatic rings. The molecule has 1 aromatic heterocycles. The van der Waals surface area contributed by atoms with Crippen molar-refractivity contribution in [2.24, 2.45) is 16.8 Å². The molecule has 0 unspecified atom stereocenters. The highest BCUT2D eigenvalue weighted by molar-refractivity contribution is 6.15. The first-order chi connectivity index (χ1) is 17.6. The predicted molar refractivity (Wildman–Crippen MR) is 139 cm³/mol. The van der Waals surface area contributed by atoms with E-state index in [1.165, 1.54) is 5.39 Å². The first-order valence-electron chi connectivity index (χ1n) is 13.2. The van der Waals surface area contributed by atoms with Crippen LogP contribution in [0, 0.1) is 11.8 Å². The van der Waals surface area contributed by atoms with Gasteiger partial charge in [0.15, 0.2) is 0 Å². The van der Waals surface area contributed by atoms with E-state index in [0.29, 0.717) is 18.4 Å². The van der Waals surface area contributed by atoms with Gasteiger partial charge in [0.25, 0.3) is 5.91 Å². The van der Waals surface area contributed by atoms with Gasteiger partial charge >= 0.3 is 0 Å². The van der Waals surface area contributed by atoms with Crippen LogP contribution < -0.4 is 0 Å². The third-order valence-electron chi connectivity index (χ3n) is 8.40. The highest BCUT2D eigenvalue weighted by Crippen LogP contribution is 2.41. The summed E-state index contributed by atoms with van der Waals surface area (Å²) < 4.78 is 0.